The molecule has 1 amide bonds. The SMILES string of the molecule is CC(=O)NC1C2CC3CC(C2)C(=O)C1C3. The molecule has 5 unspecified atom stereocenters. The standard InChI is InChI=1S/C12H17NO2/c1-6(14)13-11-8-2-7-3-9(5-8)12(15)10(11)4-7/h7-11H,2-5H2,1H3,(H,13,14). The van der Waals surface area contributed by atoms with E-state index in [1.807, 2.05) is 0 Å². The molecule has 4 aliphatic carbocycles. The normalized spacial score (nSPS) is 47.0. The van der Waals surface area contributed by atoms with Crippen molar-refractivity contribution in [2.45, 2.75) is 38.6 Å². The van der Waals surface area contributed by atoms with Crippen molar-refractivity contribution in [2.24, 2.45) is 23.7 Å². The molecule has 15 heavy (non-hydrogen) atoms. The Kier molecular flexibility index (Phi) is 1.91. The highest BCUT2D eigenvalue weighted by atomic mass is 16.1. The van der Waals surface area contributed by atoms with E-state index in [1.54, 1.807) is 6.92 Å². The molecule has 0 aromatic rings. The molecule has 5 atom stereocenters. The number of carbonyl (C=O) groups is 2. The van der Waals surface area contributed by atoms with Crippen molar-refractivity contribution >= 4 is 11.7 Å². The first-order chi connectivity index (χ1) is 7.15. The van der Waals surface area contributed by atoms with Gasteiger partial charge in [0.1, 0.15) is 5.78 Å². The quantitative estimate of drug-likeness (QED) is 0.700. The van der Waals surface area contributed by atoms with Gasteiger partial charge < -0.3 is 5.32 Å². The predicted molar refractivity (Wildman–Crippen MR) is 55.0 cm³/mol. The number of hydrogen-bond donors (Lipinski definition) is 1. The Bertz CT molecular complexity index is 326. The molecule has 4 fully saturated rings. The van der Waals surface area contributed by atoms with Gasteiger partial charge in [-0.05, 0) is 37.5 Å². The van der Waals surface area contributed by atoms with Crippen LogP contribution in [0.25, 0.3) is 0 Å². The van der Waals surface area contributed by atoms with Crippen molar-refractivity contribution in [2.75, 3.05) is 0 Å². The lowest BCUT2D eigenvalue weighted by Crippen LogP contribution is -2.59. The van der Waals surface area contributed by atoms with Crippen molar-refractivity contribution in [3.63, 3.8) is 0 Å². The summed E-state index contributed by atoms with van der Waals surface area (Å²) in [6.07, 6.45) is 4.40. The number of hydrogen-bond acceptors (Lipinski definition) is 2. The molecule has 3 heteroatoms. The summed E-state index contributed by atoms with van der Waals surface area (Å²) in [6.45, 7) is 1.55. The molecule has 82 valence electrons. The van der Waals surface area contributed by atoms with Gasteiger partial charge in [0.05, 0.1) is 0 Å². The second-order valence-corrected chi connectivity index (χ2v) is 5.50. The van der Waals surface area contributed by atoms with Gasteiger partial charge in [0.2, 0.25) is 5.91 Å². The minimum absolute atomic E-state index is 0.0141. The monoisotopic (exact) mass is 207 g/mol. The zero-order chi connectivity index (χ0) is 10.6. The van der Waals surface area contributed by atoms with Crippen LogP contribution in [0.2, 0.25) is 0 Å². The topological polar surface area (TPSA) is 46.2 Å². The van der Waals surface area contributed by atoms with Crippen LogP contribution in [-0.2, 0) is 9.59 Å². The van der Waals surface area contributed by atoms with Crippen LogP contribution in [0.1, 0.15) is 32.6 Å². The first-order valence-corrected chi connectivity index (χ1v) is 5.96. The van der Waals surface area contributed by atoms with E-state index < -0.39 is 0 Å². The van der Waals surface area contributed by atoms with Gasteiger partial charge in [-0.2, -0.15) is 0 Å². The predicted octanol–water partition coefficient (Wildman–Crippen LogP) is 1.13. The van der Waals surface area contributed by atoms with Gasteiger partial charge >= 0.3 is 0 Å². The third-order valence-electron chi connectivity index (χ3n) is 4.51. The number of rotatable bonds is 1. The van der Waals surface area contributed by atoms with Crippen LogP contribution in [0.4, 0.5) is 0 Å². The largest absolute Gasteiger partial charge is 0.353 e. The fraction of sp³-hybridized carbons (Fsp3) is 0.833. The van der Waals surface area contributed by atoms with Gasteiger partial charge in [0, 0.05) is 24.8 Å². The number of amides is 1. The van der Waals surface area contributed by atoms with Crippen LogP contribution in [0, 0.1) is 23.7 Å². The molecule has 0 heterocycles. The van der Waals surface area contributed by atoms with Gasteiger partial charge in [-0.1, -0.05) is 0 Å². The van der Waals surface area contributed by atoms with E-state index in [0.29, 0.717) is 17.6 Å². The van der Waals surface area contributed by atoms with Crippen LogP contribution in [0.3, 0.4) is 0 Å². The van der Waals surface area contributed by atoms with Gasteiger partial charge in [0.25, 0.3) is 0 Å². The summed E-state index contributed by atoms with van der Waals surface area (Å²) >= 11 is 0. The lowest BCUT2D eigenvalue weighted by atomic mass is 9.53. The molecule has 0 saturated heterocycles. The van der Waals surface area contributed by atoms with Crippen LogP contribution in [-0.4, -0.2) is 17.7 Å². The Morgan fingerprint density at radius 2 is 2.07 bits per heavy atom. The van der Waals surface area contributed by atoms with E-state index in [-0.39, 0.29) is 17.9 Å². The lowest BCUT2D eigenvalue weighted by Gasteiger charge is -2.53. The third-order valence-corrected chi connectivity index (χ3v) is 4.51. The summed E-state index contributed by atoms with van der Waals surface area (Å²) in [5.74, 6) is 2.26. The van der Waals surface area contributed by atoms with E-state index in [0.717, 1.165) is 25.2 Å². The van der Waals surface area contributed by atoms with Gasteiger partial charge in [0.15, 0.2) is 0 Å². The molecule has 0 spiro atoms. The summed E-state index contributed by atoms with van der Waals surface area (Å²) in [6, 6.07) is 0.155. The Labute approximate surface area is 89.6 Å². The van der Waals surface area contributed by atoms with Crippen LogP contribution >= 0.6 is 0 Å². The summed E-state index contributed by atoms with van der Waals surface area (Å²) in [7, 11) is 0. The van der Waals surface area contributed by atoms with Crippen LogP contribution < -0.4 is 5.32 Å². The molecule has 0 aromatic heterocycles. The van der Waals surface area contributed by atoms with Crippen molar-refractivity contribution in [1.82, 2.24) is 5.32 Å². The summed E-state index contributed by atoms with van der Waals surface area (Å²) in [4.78, 5) is 23.1. The van der Waals surface area contributed by atoms with E-state index in [2.05, 4.69) is 5.32 Å². The maximum atomic E-state index is 12.0. The second-order valence-electron chi connectivity index (χ2n) is 5.50. The second kappa shape index (κ2) is 3.06. The number of nitrogens with one attached hydrogen (secondary N) is 1. The molecule has 1 N–H and O–H groups in total. The van der Waals surface area contributed by atoms with Gasteiger partial charge in [-0.15, -0.1) is 0 Å². The van der Waals surface area contributed by atoms with Gasteiger partial charge in [-0.3, -0.25) is 9.59 Å². The van der Waals surface area contributed by atoms with E-state index in [9.17, 15) is 9.59 Å². The molecular weight excluding hydrogens is 190 g/mol. The smallest absolute Gasteiger partial charge is 0.217 e. The molecule has 0 aromatic carbocycles. The Morgan fingerprint density at radius 3 is 2.80 bits per heavy atom. The third kappa shape index (κ3) is 1.32. The van der Waals surface area contributed by atoms with Crippen molar-refractivity contribution in [3.8, 4) is 0 Å². The minimum Gasteiger partial charge on any atom is -0.353 e. The summed E-state index contributed by atoms with van der Waals surface area (Å²) in [5.41, 5.74) is 0. The first-order valence-electron chi connectivity index (χ1n) is 5.96. The maximum Gasteiger partial charge on any atom is 0.217 e. The first kappa shape index (κ1) is 9.37. The molecule has 4 aliphatic rings. The zero-order valence-electron chi connectivity index (χ0n) is 9.03. The number of carbonyl (C=O) groups excluding carboxylic acids is 2. The molecule has 3 nitrogen and oxygen atoms in total. The molecule has 0 radical (unpaired) electrons. The average Bonchev–Trinajstić information content (AvgIpc) is 2.18. The molecule has 4 rings (SSSR count). The van der Waals surface area contributed by atoms with E-state index >= 15 is 0 Å². The summed E-state index contributed by atoms with van der Waals surface area (Å²) in [5, 5.41) is 3.00. The van der Waals surface area contributed by atoms with E-state index in [1.165, 1.54) is 6.42 Å². The highest BCUT2D eigenvalue weighted by Gasteiger charge is 2.53. The average molecular weight is 207 g/mol. The fourth-order valence-electron chi connectivity index (χ4n) is 4.09. The lowest BCUT2D eigenvalue weighted by molar-refractivity contribution is -0.144. The highest BCUT2D eigenvalue weighted by Crippen LogP contribution is 2.51. The van der Waals surface area contributed by atoms with Crippen molar-refractivity contribution in [1.29, 1.82) is 0 Å². The molecule has 4 saturated carbocycles. The Balaban J connectivity index is 1.85. The molecule has 0 aliphatic heterocycles. The van der Waals surface area contributed by atoms with E-state index in [4.69, 9.17) is 0 Å². The maximum absolute atomic E-state index is 12.0. The summed E-state index contributed by atoms with van der Waals surface area (Å²) < 4.78 is 0. The fourth-order valence-corrected chi connectivity index (χ4v) is 4.09. The van der Waals surface area contributed by atoms with Crippen LogP contribution in [0.5, 0.6) is 0 Å². The van der Waals surface area contributed by atoms with Crippen LogP contribution in [0.15, 0.2) is 0 Å². The van der Waals surface area contributed by atoms with Crippen molar-refractivity contribution in [3.05, 3.63) is 0 Å². The number of Topliss-reactive ketones (excluding diaryl/α,β-unsaturated/α-hetero) is 1. The Hall–Kier alpha value is -0.860. The zero-order valence-corrected chi connectivity index (χ0v) is 9.03. The minimum atomic E-state index is 0.0141. The molecule has 4 bridgehead atoms. The van der Waals surface area contributed by atoms with Gasteiger partial charge in [-0.25, -0.2) is 0 Å². The highest BCUT2D eigenvalue weighted by molar-refractivity contribution is 5.87. The number of ketones is 1. The molecular formula is C12H17NO2. The Morgan fingerprint density at radius 1 is 1.27 bits per heavy atom. The van der Waals surface area contributed by atoms with Crippen molar-refractivity contribution < 1.29 is 9.59 Å².